The second-order valence-corrected chi connectivity index (χ2v) is 6.23. The van der Waals surface area contributed by atoms with Crippen LogP contribution in [0.2, 0.25) is 10.0 Å². The minimum atomic E-state index is -0.162. The monoisotopic (exact) mass is 375 g/mol. The highest BCUT2D eigenvalue weighted by Gasteiger charge is 2.09. The van der Waals surface area contributed by atoms with E-state index in [2.05, 4.69) is 15.6 Å². The number of benzene rings is 2. The number of amides is 1. The molecule has 7 heteroatoms. The van der Waals surface area contributed by atoms with Gasteiger partial charge in [-0.1, -0.05) is 35.3 Å². The minimum absolute atomic E-state index is 0.162. The lowest BCUT2D eigenvalue weighted by atomic mass is 10.2. The minimum Gasteiger partial charge on any atom is -0.439 e. The molecule has 0 saturated heterocycles. The van der Waals surface area contributed by atoms with Gasteiger partial charge in [0.25, 0.3) is 0 Å². The molecule has 0 aliphatic carbocycles. The fourth-order valence-corrected chi connectivity index (χ4v) is 2.66. The Morgan fingerprint density at radius 1 is 1.12 bits per heavy atom. The van der Waals surface area contributed by atoms with Crippen LogP contribution in [0.5, 0.6) is 0 Å². The number of carbonyl (C=O) groups is 1. The zero-order valence-corrected chi connectivity index (χ0v) is 14.9. The Kier molecular flexibility index (Phi) is 5.26. The number of nitrogens with zero attached hydrogens (tertiary/aromatic N) is 1. The predicted octanol–water partition coefficient (Wildman–Crippen LogP) is 5.22. The van der Waals surface area contributed by atoms with Gasteiger partial charge in [0.1, 0.15) is 0 Å². The van der Waals surface area contributed by atoms with Gasteiger partial charge in [0.05, 0.1) is 24.1 Å². The van der Waals surface area contributed by atoms with E-state index in [9.17, 15) is 4.79 Å². The van der Waals surface area contributed by atoms with Crippen molar-refractivity contribution >= 4 is 40.5 Å². The largest absolute Gasteiger partial charge is 0.439 e. The molecule has 1 heterocycles. The predicted molar refractivity (Wildman–Crippen MR) is 100 cm³/mol. The summed E-state index contributed by atoms with van der Waals surface area (Å²) in [4.78, 5) is 15.6. The van der Waals surface area contributed by atoms with Crippen LogP contribution in [0, 0.1) is 0 Å². The van der Waals surface area contributed by atoms with Crippen molar-refractivity contribution in [3.63, 3.8) is 0 Å². The van der Waals surface area contributed by atoms with Crippen LogP contribution < -0.4 is 10.6 Å². The van der Waals surface area contributed by atoms with Crippen LogP contribution in [-0.4, -0.2) is 10.9 Å². The van der Waals surface area contributed by atoms with Crippen molar-refractivity contribution in [2.45, 2.75) is 13.5 Å². The third-order valence-electron chi connectivity index (χ3n) is 3.39. The first-order chi connectivity index (χ1) is 12.0. The lowest BCUT2D eigenvalue weighted by Crippen LogP contribution is -2.09. The van der Waals surface area contributed by atoms with Gasteiger partial charge in [-0.2, -0.15) is 0 Å². The van der Waals surface area contributed by atoms with Crippen molar-refractivity contribution in [1.82, 2.24) is 4.98 Å². The van der Waals surface area contributed by atoms with E-state index in [4.69, 9.17) is 27.6 Å². The Morgan fingerprint density at radius 3 is 2.68 bits per heavy atom. The summed E-state index contributed by atoms with van der Waals surface area (Å²) >= 11 is 12.0. The quantitative estimate of drug-likeness (QED) is 0.641. The molecule has 0 bridgehead atoms. The Bertz CT molecular complexity index is 909. The Hall–Kier alpha value is -2.50. The molecule has 1 amide bonds. The van der Waals surface area contributed by atoms with Gasteiger partial charge in [0.15, 0.2) is 5.76 Å². The molecular weight excluding hydrogens is 361 g/mol. The Morgan fingerprint density at radius 2 is 1.92 bits per heavy atom. The van der Waals surface area contributed by atoms with Gasteiger partial charge >= 0.3 is 0 Å². The van der Waals surface area contributed by atoms with E-state index in [1.165, 1.54) is 6.92 Å². The standard InChI is InChI=1S/C18H15Cl2N3O2/c1-11(24)23-15-6-5-14(20)8-16(15)21-10-18-22-9-17(25-18)12-3-2-4-13(19)7-12/h2-9,21H,10H2,1H3,(H,23,24). The van der Waals surface area contributed by atoms with Crippen LogP contribution in [0.3, 0.4) is 0 Å². The molecule has 128 valence electrons. The second kappa shape index (κ2) is 7.59. The molecule has 0 fully saturated rings. The highest BCUT2D eigenvalue weighted by Crippen LogP contribution is 2.27. The van der Waals surface area contributed by atoms with Gasteiger partial charge in [-0.25, -0.2) is 4.98 Å². The van der Waals surface area contributed by atoms with Crippen LogP contribution in [0.4, 0.5) is 11.4 Å². The molecule has 1 aromatic heterocycles. The molecule has 0 aliphatic heterocycles. The van der Waals surface area contributed by atoms with Crippen molar-refractivity contribution in [3.8, 4) is 11.3 Å². The molecule has 0 aliphatic rings. The van der Waals surface area contributed by atoms with Crippen molar-refractivity contribution < 1.29 is 9.21 Å². The normalized spacial score (nSPS) is 10.5. The highest BCUT2D eigenvalue weighted by molar-refractivity contribution is 6.31. The number of hydrogen-bond acceptors (Lipinski definition) is 4. The number of halogens is 2. The van der Waals surface area contributed by atoms with Crippen molar-refractivity contribution in [2.75, 3.05) is 10.6 Å². The van der Waals surface area contributed by atoms with Gasteiger partial charge in [-0.3, -0.25) is 4.79 Å². The smallest absolute Gasteiger partial charge is 0.221 e. The summed E-state index contributed by atoms with van der Waals surface area (Å²) in [6.07, 6.45) is 1.65. The maximum Gasteiger partial charge on any atom is 0.221 e. The average Bonchev–Trinajstić information content (AvgIpc) is 3.04. The molecule has 3 aromatic rings. The summed E-state index contributed by atoms with van der Waals surface area (Å²) < 4.78 is 5.75. The lowest BCUT2D eigenvalue weighted by Gasteiger charge is -2.11. The zero-order chi connectivity index (χ0) is 17.8. The molecule has 0 radical (unpaired) electrons. The fourth-order valence-electron chi connectivity index (χ4n) is 2.30. The average molecular weight is 376 g/mol. The summed E-state index contributed by atoms with van der Waals surface area (Å²) in [5.41, 5.74) is 2.18. The van der Waals surface area contributed by atoms with Crippen LogP contribution in [0.25, 0.3) is 11.3 Å². The number of aromatic nitrogens is 1. The number of anilines is 2. The molecular formula is C18H15Cl2N3O2. The molecule has 0 atom stereocenters. The van der Waals surface area contributed by atoms with E-state index < -0.39 is 0 Å². The Balaban J connectivity index is 1.74. The van der Waals surface area contributed by atoms with Crippen LogP contribution in [0.1, 0.15) is 12.8 Å². The van der Waals surface area contributed by atoms with Gasteiger partial charge in [-0.05, 0) is 30.3 Å². The molecule has 25 heavy (non-hydrogen) atoms. The maximum absolute atomic E-state index is 11.3. The summed E-state index contributed by atoms with van der Waals surface area (Å²) in [7, 11) is 0. The lowest BCUT2D eigenvalue weighted by molar-refractivity contribution is -0.114. The van der Waals surface area contributed by atoms with Crippen molar-refractivity contribution in [1.29, 1.82) is 0 Å². The first-order valence-electron chi connectivity index (χ1n) is 7.53. The van der Waals surface area contributed by atoms with Crippen LogP contribution >= 0.6 is 23.2 Å². The van der Waals surface area contributed by atoms with Crippen molar-refractivity contribution in [2.24, 2.45) is 0 Å². The van der Waals surface area contributed by atoms with Gasteiger partial charge < -0.3 is 15.1 Å². The summed E-state index contributed by atoms with van der Waals surface area (Å²) in [6.45, 7) is 1.79. The fraction of sp³-hybridized carbons (Fsp3) is 0.111. The third-order valence-corrected chi connectivity index (χ3v) is 3.86. The van der Waals surface area contributed by atoms with Crippen LogP contribution in [0.15, 0.2) is 53.1 Å². The molecule has 3 rings (SSSR count). The number of oxazole rings is 1. The highest BCUT2D eigenvalue weighted by atomic mass is 35.5. The number of hydrogen-bond donors (Lipinski definition) is 2. The zero-order valence-electron chi connectivity index (χ0n) is 13.3. The molecule has 2 aromatic carbocycles. The number of rotatable bonds is 5. The maximum atomic E-state index is 11.3. The first-order valence-corrected chi connectivity index (χ1v) is 8.28. The van der Waals surface area contributed by atoms with Crippen LogP contribution in [-0.2, 0) is 11.3 Å². The molecule has 5 nitrogen and oxygen atoms in total. The van der Waals surface area contributed by atoms with Crippen molar-refractivity contribution in [3.05, 3.63) is 64.6 Å². The number of carbonyl (C=O) groups excluding carboxylic acids is 1. The molecule has 2 N–H and O–H groups in total. The van der Waals surface area contributed by atoms with Gasteiger partial charge in [-0.15, -0.1) is 0 Å². The third kappa shape index (κ3) is 4.53. The van der Waals surface area contributed by atoms with E-state index in [1.807, 2.05) is 18.2 Å². The summed E-state index contributed by atoms with van der Waals surface area (Å²) in [5, 5.41) is 7.11. The van der Waals surface area contributed by atoms with E-state index in [0.29, 0.717) is 39.6 Å². The van der Waals surface area contributed by atoms with E-state index in [-0.39, 0.29) is 5.91 Å². The Labute approximate surface area is 155 Å². The molecule has 0 spiro atoms. The topological polar surface area (TPSA) is 67.2 Å². The molecule has 0 saturated carbocycles. The van der Waals surface area contributed by atoms with E-state index in [1.54, 1.807) is 30.5 Å². The van der Waals surface area contributed by atoms with E-state index in [0.717, 1.165) is 5.56 Å². The first kappa shape index (κ1) is 17.3. The second-order valence-electron chi connectivity index (χ2n) is 5.35. The molecule has 0 unspecified atom stereocenters. The SMILES string of the molecule is CC(=O)Nc1ccc(Cl)cc1NCc1ncc(-c2cccc(Cl)c2)o1. The summed E-state index contributed by atoms with van der Waals surface area (Å²) in [6, 6.07) is 12.5. The van der Waals surface area contributed by atoms with Gasteiger partial charge in [0, 0.05) is 22.5 Å². The van der Waals surface area contributed by atoms with Gasteiger partial charge in [0.2, 0.25) is 11.8 Å². The van der Waals surface area contributed by atoms with E-state index >= 15 is 0 Å². The number of nitrogens with one attached hydrogen (secondary N) is 2. The summed E-state index contributed by atoms with van der Waals surface area (Å²) in [5.74, 6) is 0.973.